The van der Waals surface area contributed by atoms with E-state index in [9.17, 15) is 28.9 Å². The zero-order valence-corrected chi connectivity index (χ0v) is 20.1. The predicted octanol–water partition coefficient (Wildman–Crippen LogP) is 4.39. The summed E-state index contributed by atoms with van der Waals surface area (Å²) in [5.41, 5.74) is 0.616. The topological polar surface area (TPSA) is 123 Å². The molecule has 6 rings (SSSR count). The molecule has 0 radical (unpaired) electrons. The largest absolute Gasteiger partial charge is 0.325 e. The Balaban J connectivity index is 1.14. The number of amides is 3. The number of nitro benzene ring substituents is 1. The molecule has 2 heterocycles. The Morgan fingerprint density at radius 2 is 1.89 bits per heavy atom. The molecule has 36 heavy (non-hydrogen) atoms. The van der Waals surface area contributed by atoms with Gasteiger partial charge < -0.3 is 5.32 Å². The van der Waals surface area contributed by atoms with Crippen LogP contribution < -0.4 is 10.2 Å². The number of allylic oxidation sites excluding steroid dienone is 2. The van der Waals surface area contributed by atoms with Crippen LogP contribution in [0.3, 0.4) is 0 Å². The highest BCUT2D eigenvalue weighted by molar-refractivity contribution is 8.01. The number of fused-ring (bicyclic) bond motifs is 6. The number of carbonyl (C=O) groups is 3. The first-order chi connectivity index (χ1) is 17.3. The number of carbonyl (C=O) groups excluding carboxylic acids is 3. The minimum Gasteiger partial charge on any atom is -0.325 e. The number of halogens is 1. The lowest BCUT2D eigenvalue weighted by Crippen LogP contribution is -2.32. The molecular formula is C24H17FN4O5S2. The van der Waals surface area contributed by atoms with Crippen LogP contribution >= 0.6 is 23.1 Å². The number of imide groups is 1. The zero-order chi connectivity index (χ0) is 25.1. The van der Waals surface area contributed by atoms with E-state index in [1.54, 1.807) is 18.2 Å². The molecule has 2 fully saturated rings. The number of rotatable bonds is 6. The van der Waals surface area contributed by atoms with E-state index in [-0.39, 0.29) is 46.9 Å². The van der Waals surface area contributed by atoms with E-state index in [0.29, 0.717) is 15.5 Å². The summed E-state index contributed by atoms with van der Waals surface area (Å²) in [7, 11) is 0. The molecule has 2 aliphatic carbocycles. The summed E-state index contributed by atoms with van der Waals surface area (Å²) in [5, 5.41) is 13.4. The number of nitrogens with one attached hydrogen (secondary N) is 1. The first kappa shape index (κ1) is 22.8. The van der Waals surface area contributed by atoms with E-state index in [0.717, 1.165) is 23.3 Å². The molecule has 2 aromatic carbocycles. The average Bonchev–Trinajstić information content (AvgIpc) is 3.61. The normalized spacial score (nSPS) is 24.1. The number of benzene rings is 2. The quantitative estimate of drug-likeness (QED) is 0.167. The highest BCUT2D eigenvalue weighted by atomic mass is 32.2. The molecule has 3 aromatic rings. The summed E-state index contributed by atoms with van der Waals surface area (Å²) in [6, 6.07) is 8.40. The molecule has 3 amide bonds. The summed E-state index contributed by atoms with van der Waals surface area (Å²) >= 11 is 2.52. The fourth-order valence-corrected chi connectivity index (χ4v) is 7.21. The van der Waals surface area contributed by atoms with Crippen molar-refractivity contribution in [1.29, 1.82) is 0 Å². The van der Waals surface area contributed by atoms with Crippen LogP contribution in [0.25, 0.3) is 10.2 Å². The van der Waals surface area contributed by atoms with Crippen LogP contribution in [-0.4, -0.2) is 33.4 Å². The van der Waals surface area contributed by atoms with Gasteiger partial charge in [0.15, 0.2) is 4.34 Å². The smallest absolute Gasteiger partial charge is 0.306 e. The molecule has 182 valence electrons. The van der Waals surface area contributed by atoms with E-state index < -0.39 is 22.3 Å². The maximum Gasteiger partial charge on any atom is 0.306 e. The summed E-state index contributed by atoms with van der Waals surface area (Å²) in [4.78, 5) is 54.3. The van der Waals surface area contributed by atoms with Crippen molar-refractivity contribution in [3.05, 3.63) is 64.5 Å². The maximum atomic E-state index is 13.5. The van der Waals surface area contributed by atoms with Crippen LogP contribution in [0.5, 0.6) is 0 Å². The molecule has 1 saturated heterocycles. The van der Waals surface area contributed by atoms with Crippen molar-refractivity contribution in [2.45, 2.75) is 10.8 Å². The minimum absolute atomic E-state index is 0.0138. The third-order valence-corrected chi connectivity index (χ3v) is 9.00. The Kier molecular flexibility index (Phi) is 5.38. The van der Waals surface area contributed by atoms with Crippen LogP contribution in [0.15, 0.2) is 52.9 Å². The van der Waals surface area contributed by atoms with Gasteiger partial charge in [0, 0.05) is 11.8 Å². The van der Waals surface area contributed by atoms with Crippen LogP contribution in [0.1, 0.15) is 6.42 Å². The van der Waals surface area contributed by atoms with Crippen molar-refractivity contribution >= 4 is 68.1 Å². The fraction of sp³-hybridized carbons (Fsp3) is 0.250. The SMILES string of the molecule is O=C(CSc1nc2ccc(N3C(=O)[C@@H]4[C@@H](C3=O)[C@H]3C=C[C@H]4C3)cc2s1)Nc1ccc(F)c([N+](=O)[O-])c1. The minimum atomic E-state index is -0.981. The van der Waals surface area contributed by atoms with Crippen molar-refractivity contribution in [1.82, 2.24) is 4.98 Å². The molecule has 1 aliphatic heterocycles. The van der Waals surface area contributed by atoms with E-state index >= 15 is 0 Å². The predicted molar refractivity (Wildman–Crippen MR) is 132 cm³/mol. The lowest BCUT2D eigenvalue weighted by atomic mass is 9.85. The molecule has 9 nitrogen and oxygen atoms in total. The molecule has 0 spiro atoms. The van der Waals surface area contributed by atoms with E-state index in [2.05, 4.69) is 22.5 Å². The molecular weight excluding hydrogens is 507 g/mol. The summed E-state index contributed by atoms with van der Waals surface area (Å²) in [6.45, 7) is 0. The van der Waals surface area contributed by atoms with Gasteiger partial charge in [0.2, 0.25) is 23.5 Å². The zero-order valence-electron chi connectivity index (χ0n) is 18.4. The van der Waals surface area contributed by atoms with Crippen molar-refractivity contribution in [3.8, 4) is 0 Å². The van der Waals surface area contributed by atoms with Gasteiger partial charge in [-0.15, -0.1) is 11.3 Å². The third kappa shape index (κ3) is 3.68. The summed E-state index contributed by atoms with van der Waals surface area (Å²) < 4.78 is 14.9. The Bertz CT molecular complexity index is 1470. The fourth-order valence-electron chi connectivity index (χ4n) is 5.30. The molecule has 0 unspecified atom stereocenters. The first-order valence-electron chi connectivity index (χ1n) is 11.1. The van der Waals surface area contributed by atoms with Gasteiger partial charge in [-0.1, -0.05) is 23.9 Å². The maximum absolute atomic E-state index is 13.5. The number of aromatic nitrogens is 1. The van der Waals surface area contributed by atoms with E-state index in [1.165, 1.54) is 34.1 Å². The number of hydrogen-bond acceptors (Lipinski definition) is 8. The van der Waals surface area contributed by atoms with Crippen LogP contribution in [0.2, 0.25) is 0 Å². The van der Waals surface area contributed by atoms with Crippen molar-refractivity contribution in [3.63, 3.8) is 0 Å². The van der Waals surface area contributed by atoms with Gasteiger partial charge in [-0.2, -0.15) is 4.39 Å². The second-order valence-electron chi connectivity index (χ2n) is 8.90. The van der Waals surface area contributed by atoms with Crippen LogP contribution in [-0.2, 0) is 14.4 Å². The second-order valence-corrected chi connectivity index (χ2v) is 11.2. The lowest BCUT2D eigenvalue weighted by Gasteiger charge is -2.17. The summed E-state index contributed by atoms with van der Waals surface area (Å²) in [5.74, 6) is -1.95. The van der Waals surface area contributed by atoms with Gasteiger partial charge in [0.05, 0.1) is 38.4 Å². The Morgan fingerprint density at radius 1 is 1.17 bits per heavy atom. The van der Waals surface area contributed by atoms with Crippen LogP contribution in [0.4, 0.5) is 21.5 Å². The van der Waals surface area contributed by atoms with Crippen molar-refractivity contribution < 1.29 is 23.7 Å². The highest BCUT2D eigenvalue weighted by Crippen LogP contribution is 2.53. The van der Waals surface area contributed by atoms with Gasteiger partial charge in [-0.25, -0.2) is 9.88 Å². The Labute approximate surface area is 211 Å². The molecule has 1 saturated carbocycles. The Hall–Kier alpha value is -3.64. The Morgan fingerprint density at radius 3 is 2.58 bits per heavy atom. The molecule has 2 bridgehead atoms. The molecule has 3 aliphatic rings. The monoisotopic (exact) mass is 524 g/mol. The number of hydrogen-bond donors (Lipinski definition) is 1. The average molecular weight is 525 g/mol. The molecule has 12 heteroatoms. The standard InChI is InChI=1S/C24H17FN4O5S2/c25-15-5-3-13(8-17(15)29(33)34)26-19(30)10-35-24-27-16-6-4-14(9-18(16)36-24)28-22(31)20-11-1-2-12(7-11)21(20)23(28)32/h1-6,8-9,11-12,20-21H,7,10H2,(H,26,30)/t11-,12-,20-,21-/m0/s1. The van der Waals surface area contributed by atoms with Gasteiger partial charge in [0.25, 0.3) is 0 Å². The number of anilines is 2. The van der Waals surface area contributed by atoms with Gasteiger partial charge in [0.1, 0.15) is 0 Å². The number of nitrogens with zero attached hydrogens (tertiary/aromatic N) is 3. The van der Waals surface area contributed by atoms with Gasteiger partial charge in [-0.3, -0.25) is 24.5 Å². The van der Waals surface area contributed by atoms with Crippen LogP contribution in [0, 0.1) is 39.6 Å². The first-order valence-corrected chi connectivity index (χ1v) is 12.9. The summed E-state index contributed by atoms with van der Waals surface area (Å²) in [6.07, 6.45) is 4.99. The molecule has 1 aromatic heterocycles. The van der Waals surface area contributed by atoms with E-state index in [4.69, 9.17) is 0 Å². The van der Waals surface area contributed by atoms with Crippen molar-refractivity contribution in [2.24, 2.45) is 23.7 Å². The number of thioether (sulfide) groups is 1. The molecule has 4 atom stereocenters. The van der Waals surface area contributed by atoms with Gasteiger partial charge in [-0.05, 0) is 48.6 Å². The number of nitro groups is 1. The third-order valence-electron chi connectivity index (χ3n) is 6.83. The van der Waals surface area contributed by atoms with Gasteiger partial charge >= 0.3 is 5.69 Å². The van der Waals surface area contributed by atoms with E-state index in [1.807, 2.05) is 0 Å². The number of thiazole rings is 1. The van der Waals surface area contributed by atoms with Crippen molar-refractivity contribution in [2.75, 3.05) is 16.0 Å². The lowest BCUT2D eigenvalue weighted by molar-refractivity contribution is -0.387. The second kappa shape index (κ2) is 8.49. The highest BCUT2D eigenvalue weighted by Gasteiger charge is 2.59. The molecule has 1 N–H and O–H groups in total.